The van der Waals surface area contributed by atoms with Crippen molar-refractivity contribution in [2.24, 2.45) is 0 Å². The van der Waals surface area contributed by atoms with Gasteiger partial charge in [-0.3, -0.25) is 4.79 Å². The number of esters is 1. The zero-order valence-electron chi connectivity index (χ0n) is 15.4. The number of thioether (sulfide) groups is 1. The highest BCUT2D eigenvalue weighted by atomic mass is 32.2. The minimum Gasteiger partial charge on any atom is -0.493 e. The van der Waals surface area contributed by atoms with E-state index in [1.54, 1.807) is 30.3 Å². The number of nitrogens with one attached hydrogen (secondary N) is 1. The molecule has 0 radical (unpaired) electrons. The summed E-state index contributed by atoms with van der Waals surface area (Å²) in [5, 5.41) is 2.73. The van der Waals surface area contributed by atoms with Gasteiger partial charge >= 0.3 is 5.97 Å². The molecule has 0 saturated heterocycles. The molecule has 142 valence electrons. The molecule has 0 fully saturated rings. The number of carbonyl (C=O) groups excluding carboxylic acids is 2. The van der Waals surface area contributed by atoms with Gasteiger partial charge in [0, 0.05) is 16.5 Å². The quantitative estimate of drug-likeness (QED) is 0.424. The number of amides is 1. The summed E-state index contributed by atoms with van der Waals surface area (Å²) in [5.74, 6) is 0.0284. The van der Waals surface area contributed by atoms with Crippen molar-refractivity contribution in [1.29, 1.82) is 0 Å². The Bertz CT molecular complexity index is 835. The SMILES string of the molecule is COc1cccc(/C=C/C(=O)OCC(=O)Nc2ccccc2SC)c1OC. The molecule has 0 aromatic heterocycles. The largest absolute Gasteiger partial charge is 0.493 e. The molecule has 1 amide bonds. The summed E-state index contributed by atoms with van der Waals surface area (Å²) >= 11 is 1.52. The van der Waals surface area contributed by atoms with E-state index in [1.165, 1.54) is 32.1 Å². The third kappa shape index (κ3) is 5.79. The molecule has 0 atom stereocenters. The predicted molar refractivity (Wildman–Crippen MR) is 106 cm³/mol. The monoisotopic (exact) mass is 387 g/mol. The fraction of sp³-hybridized carbons (Fsp3) is 0.200. The van der Waals surface area contributed by atoms with Gasteiger partial charge in [-0.15, -0.1) is 11.8 Å². The van der Waals surface area contributed by atoms with Crippen LogP contribution in [-0.4, -0.2) is 39.0 Å². The van der Waals surface area contributed by atoms with Crippen molar-refractivity contribution in [3.05, 3.63) is 54.1 Å². The van der Waals surface area contributed by atoms with Crippen molar-refractivity contribution in [1.82, 2.24) is 0 Å². The van der Waals surface area contributed by atoms with Crippen LogP contribution in [0.2, 0.25) is 0 Å². The molecule has 27 heavy (non-hydrogen) atoms. The van der Waals surface area contributed by atoms with Gasteiger partial charge in [0.15, 0.2) is 18.1 Å². The summed E-state index contributed by atoms with van der Waals surface area (Å²) in [4.78, 5) is 24.8. The Morgan fingerprint density at radius 2 is 1.85 bits per heavy atom. The molecule has 2 aromatic rings. The predicted octanol–water partition coefficient (Wildman–Crippen LogP) is 3.62. The third-order valence-corrected chi connectivity index (χ3v) is 4.35. The van der Waals surface area contributed by atoms with E-state index < -0.39 is 11.9 Å². The van der Waals surface area contributed by atoms with Crippen LogP contribution in [0.5, 0.6) is 11.5 Å². The fourth-order valence-corrected chi connectivity index (χ4v) is 2.87. The highest BCUT2D eigenvalue weighted by Gasteiger charge is 2.10. The Labute approximate surface area is 162 Å². The smallest absolute Gasteiger partial charge is 0.331 e. The topological polar surface area (TPSA) is 73.9 Å². The number of para-hydroxylation sites is 2. The van der Waals surface area contributed by atoms with Crippen LogP contribution in [-0.2, 0) is 14.3 Å². The number of ether oxygens (including phenoxy) is 3. The van der Waals surface area contributed by atoms with Gasteiger partial charge in [-0.05, 0) is 30.5 Å². The maximum atomic E-state index is 12.0. The molecule has 0 spiro atoms. The molecule has 0 unspecified atom stereocenters. The van der Waals surface area contributed by atoms with Crippen LogP contribution in [0.1, 0.15) is 5.56 Å². The lowest BCUT2D eigenvalue weighted by Gasteiger charge is -2.10. The molecule has 0 aliphatic carbocycles. The molecular formula is C20H21NO5S. The maximum Gasteiger partial charge on any atom is 0.331 e. The van der Waals surface area contributed by atoms with E-state index in [0.29, 0.717) is 22.7 Å². The van der Waals surface area contributed by atoms with Crippen LogP contribution in [0, 0.1) is 0 Å². The number of anilines is 1. The molecule has 7 heteroatoms. The normalized spacial score (nSPS) is 10.5. The lowest BCUT2D eigenvalue weighted by molar-refractivity contribution is -0.142. The number of hydrogen-bond donors (Lipinski definition) is 1. The molecule has 0 aliphatic rings. The van der Waals surface area contributed by atoms with Crippen molar-refractivity contribution in [3.8, 4) is 11.5 Å². The molecule has 2 aromatic carbocycles. The van der Waals surface area contributed by atoms with Crippen LogP contribution >= 0.6 is 11.8 Å². The van der Waals surface area contributed by atoms with Gasteiger partial charge in [-0.1, -0.05) is 24.3 Å². The lowest BCUT2D eigenvalue weighted by Crippen LogP contribution is -2.20. The Morgan fingerprint density at radius 3 is 2.56 bits per heavy atom. The Hall–Kier alpha value is -2.93. The average molecular weight is 387 g/mol. The highest BCUT2D eigenvalue weighted by molar-refractivity contribution is 7.98. The Kier molecular flexibility index (Phi) is 7.76. The van der Waals surface area contributed by atoms with E-state index in [-0.39, 0.29) is 6.61 Å². The van der Waals surface area contributed by atoms with Gasteiger partial charge in [0.05, 0.1) is 19.9 Å². The molecule has 6 nitrogen and oxygen atoms in total. The first-order chi connectivity index (χ1) is 13.1. The number of rotatable bonds is 8. The highest BCUT2D eigenvalue weighted by Crippen LogP contribution is 2.31. The van der Waals surface area contributed by atoms with Crippen LogP contribution < -0.4 is 14.8 Å². The zero-order valence-corrected chi connectivity index (χ0v) is 16.2. The Balaban J connectivity index is 1.92. The average Bonchev–Trinajstić information content (AvgIpc) is 2.70. The first kappa shape index (κ1) is 20.4. The van der Waals surface area contributed by atoms with Gasteiger partial charge in [0.1, 0.15) is 0 Å². The summed E-state index contributed by atoms with van der Waals surface area (Å²) in [6.07, 6.45) is 4.70. The summed E-state index contributed by atoms with van der Waals surface area (Å²) < 4.78 is 15.5. The molecule has 0 saturated carbocycles. The van der Waals surface area contributed by atoms with E-state index in [1.807, 2.05) is 24.5 Å². The summed E-state index contributed by atoms with van der Waals surface area (Å²) in [6, 6.07) is 12.7. The van der Waals surface area contributed by atoms with Crippen molar-refractivity contribution < 1.29 is 23.8 Å². The lowest BCUT2D eigenvalue weighted by atomic mass is 10.1. The van der Waals surface area contributed by atoms with Crippen LogP contribution in [0.3, 0.4) is 0 Å². The van der Waals surface area contributed by atoms with E-state index in [9.17, 15) is 9.59 Å². The zero-order chi connectivity index (χ0) is 19.6. The standard InChI is InChI=1S/C20H21NO5S/c1-24-16-9-6-7-14(20(16)25-2)11-12-19(23)26-13-18(22)21-15-8-4-5-10-17(15)27-3/h4-12H,13H2,1-3H3,(H,21,22)/b12-11+. The summed E-state index contributed by atoms with van der Waals surface area (Å²) in [6.45, 7) is -0.374. The number of methoxy groups -OCH3 is 2. The van der Waals surface area contributed by atoms with Gasteiger partial charge in [0.2, 0.25) is 0 Å². The van der Waals surface area contributed by atoms with Gasteiger partial charge in [-0.2, -0.15) is 0 Å². The van der Waals surface area contributed by atoms with Crippen molar-refractivity contribution in [2.45, 2.75) is 4.90 Å². The number of benzene rings is 2. The van der Waals surface area contributed by atoms with Crippen molar-refractivity contribution in [2.75, 3.05) is 32.4 Å². The second-order valence-corrected chi connectivity index (χ2v) is 6.12. The number of hydrogen-bond acceptors (Lipinski definition) is 6. The van der Waals surface area contributed by atoms with Gasteiger partial charge < -0.3 is 19.5 Å². The van der Waals surface area contributed by atoms with Crippen molar-refractivity contribution >= 4 is 35.4 Å². The summed E-state index contributed by atoms with van der Waals surface area (Å²) in [5.41, 5.74) is 1.34. The molecule has 0 bridgehead atoms. The van der Waals surface area contributed by atoms with Crippen LogP contribution in [0.4, 0.5) is 5.69 Å². The maximum absolute atomic E-state index is 12.0. The Morgan fingerprint density at radius 1 is 1.07 bits per heavy atom. The molecule has 0 heterocycles. The molecule has 1 N–H and O–H groups in total. The van der Waals surface area contributed by atoms with E-state index >= 15 is 0 Å². The fourth-order valence-electron chi connectivity index (χ4n) is 2.32. The molecule has 0 aliphatic heterocycles. The third-order valence-electron chi connectivity index (χ3n) is 3.56. The second kappa shape index (κ2) is 10.3. The first-order valence-electron chi connectivity index (χ1n) is 8.07. The van der Waals surface area contributed by atoms with E-state index in [0.717, 1.165) is 4.90 Å². The molecular weight excluding hydrogens is 366 g/mol. The summed E-state index contributed by atoms with van der Waals surface area (Å²) in [7, 11) is 3.05. The second-order valence-electron chi connectivity index (χ2n) is 5.27. The van der Waals surface area contributed by atoms with Crippen molar-refractivity contribution in [3.63, 3.8) is 0 Å². The van der Waals surface area contributed by atoms with E-state index in [2.05, 4.69) is 5.32 Å². The van der Waals surface area contributed by atoms with Gasteiger partial charge in [-0.25, -0.2) is 4.79 Å². The van der Waals surface area contributed by atoms with Crippen LogP contribution in [0.25, 0.3) is 6.08 Å². The molecule has 2 rings (SSSR count). The van der Waals surface area contributed by atoms with E-state index in [4.69, 9.17) is 14.2 Å². The first-order valence-corrected chi connectivity index (χ1v) is 9.30. The van der Waals surface area contributed by atoms with Crippen LogP contribution in [0.15, 0.2) is 53.4 Å². The minimum absolute atomic E-state index is 0.374. The number of carbonyl (C=O) groups is 2. The van der Waals surface area contributed by atoms with Gasteiger partial charge in [0.25, 0.3) is 5.91 Å². The minimum atomic E-state index is -0.631.